The van der Waals surface area contributed by atoms with E-state index in [9.17, 15) is 18.0 Å². The van der Waals surface area contributed by atoms with Crippen LogP contribution in [0.4, 0.5) is 5.69 Å². The Morgan fingerprint density at radius 2 is 1.91 bits per heavy atom. The molecule has 3 rings (SSSR count). The number of fused-ring (bicyclic) bond motifs is 1. The molecule has 1 N–H and O–H groups in total. The average molecular weight is 482 g/mol. The normalized spacial score (nSPS) is 25.2. The maximum absolute atomic E-state index is 13.2. The molecule has 1 saturated carbocycles. The third kappa shape index (κ3) is 6.17. The lowest BCUT2D eigenvalue weighted by molar-refractivity contribution is -0.142. The number of sulfonamides is 1. The minimum Gasteiger partial charge on any atom is -0.491 e. The van der Waals surface area contributed by atoms with Crippen molar-refractivity contribution in [3.8, 4) is 5.75 Å². The van der Waals surface area contributed by atoms with Crippen LogP contribution in [0.2, 0.25) is 0 Å². The van der Waals surface area contributed by atoms with Gasteiger partial charge in [0, 0.05) is 45.1 Å². The maximum Gasteiger partial charge on any atom is 0.257 e. The minimum atomic E-state index is -3.49. The second kappa shape index (κ2) is 10.3. The average Bonchev–Trinajstić information content (AvgIpc) is 2.70. The van der Waals surface area contributed by atoms with Gasteiger partial charge in [0.25, 0.3) is 5.91 Å². The fraction of sp³-hybridized carbons (Fsp3) is 0.652. The molecule has 1 aliphatic heterocycles. The van der Waals surface area contributed by atoms with Gasteiger partial charge >= 0.3 is 0 Å². The Morgan fingerprint density at radius 1 is 1.21 bits per heavy atom. The van der Waals surface area contributed by atoms with E-state index in [4.69, 9.17) is 9.47 Å². The highest BCUT2D eigenvalue weighted by Gasteiger charge is 2.35. The summed E-state index contributed by atoms with van der Waals surface area (Å²) in [5, 5.41) is 0. The fourth-order valence-electron chi connectivity index (χ4n) is 4.25. The third-order valence-corrected chi connectivity index (χ3v) is 7.09. The summed E-state index contributed by atoms with van der Waals surface area (Å²) in [5.74, 6) is 0.215. The maximum atomic E-state index is 13.2. The summed E-state index contributed by atoms with van der Waals surface area (Å²) in [6, 6.07) is 4.37. The lowest BCUT2D eigenvalue weighted by Crippen LogP contribution is -2.51. The number of carbonyl (C=O) groups excluding carboxylic acids is 2. The molecule has 0 unspecified atom stereocenters. The van der Waals surface area contributed by atoms with Gasteiger partial charge in [-0.1, -0.05) is 13.3 Å². The van der Waals surface area contributed by atoms with Crippen LogP contribution in [-0.4, -0.2) is 82.3 Å². The molecule has 184 valence electrons. The number of hydrogen-bond donors (Lipinski definition) is 1. The van der Waals surface area contributed by atoms with Gasteiger partial charge in [-0.2, -0.15) is 0 Å². The van der Waals surface area contributed by atoms with Crippen LogP contribution < -0.4 is 9.46 Å². The molecular formula is C23H35N3O6S. The molecule has 10 heteroatoms. The Labute approximate surface area is 196 Å². The van der Waals surface area contributed by atoms with Crippen molar-refractivity contribution in [3.63, 3.8) is 0 Å². The number of nitrogens with one attached hydrogen (secondary N) is 1. The highest BCUT2D eigenvalue weighted by molar-refractivity contribution is 7.92. The highest BCUT2D eigenvalue weighted by Crippen LogP contribution is 2.31. The van der Waals surface area contributed by atoms with Crippen molar-refractivity contribution in [1.82, 2.24) is 9.80 Å². The van der Waals surface area contributed by atoms with Crippen LogP contribution in [0.3, 0.4) is 0 Å². The third-order valence-electron chi connectivity index (χ3n) is 6.49. The first-order valence-electron chi connectivity index (χ1n) is 11.3. The molecule has 1 aliphatic carbocycles. The van der Waals surface area contributed by atoms with Gasteiger partial charge in [0.05, 0.1) is 29.7 Å². The zero-order valence-electron chi connectivity index (χ0n) is 20.0. The molecule has 1 aromatic carbocycles. The number of likely N-dealkylation sites (N-methyl/N-ethyl adjacent to an activating group) is 1. The van der Waals surface area contributed by atoms with Crippen LogP contribution in [0.25, 0.3) is 0 Å². The van der Waals surface area contributed by atoms with E-state index in [1.807, 2.05) is 18.7 Å². The van der Waals surface area contributed by atoms with Gasteiger partial charge in [-0.05, 0) is 31.9 Å². The molecule has 3 atom stereocenters. The van der Waals surface area contributed by atoms with E-state index in [1.165, 1.54) is 12.1 Å². The molecule has 0 radical (unpaired) electrons. The van der Waals surface area contributed by atoms with Gasteiger partial charge < -0.3 is 19.3 Å². The zero-order valence-corrected chi connectivity index (χ0v) is 20.9. The van der Waals surface area contributed by atoms with Crippen molar-refractivity contribution < 1.29 is 27.5 Å². The molecule has 1 fully saturated rings. The second-order valence-electron chi connectivity index (χ2n) is 9.30. The van der Waals surface area contributed by atoms with E-state index in [0.717, 1.165) is 25.5 Å². The lowest BCUT2D eigenvalue weighted by atomic mass is 9.83. The van der Waals surface area contributed by atoms with Crippen molar-refractivity contribution in [2.45, 2.75) is 45.3 Å². The first-order valence-corrected chi connectivity index (χ1v) is 13.2. The van der Waals surface area contributed by atoms with Crippen molar-refractivity contribution in [2.75, 3.05) is 44.8 Å². The number of rotatable bonds is 4. The molecule has 0 aromatic heterocycles. The summed E-state index contributed by atoms with van der Waals surface area (Å²) < 4.78 is 37.5. The molecule has 0 bridgehead atoms. The predicted octanol–water partition coefficient (Wildman–Crippen LogP) is 2.19. The van der Waals surface area contributed by atoms with E-state index in [-0.39, 0.29) is 48.2 Å². The Morgan fingerprint density at radius 3 is 2.48 bits per heavy atom. The van der Waals surface area contributed by atoms with E-state index in [2.05, 4.69) is 4.72 Å². The molecule has 33 heavy (non-hydrogen) atoms. The van der Waals surface area contributed by atoms with Gasteiger partial charge in [-0.3, -0.25) is 14.3 Å². The van der Waals surface area contributed by atoms with Crippen LogP contribution in [0.1, 0.15) is 43.5 Å². The molecule has 1 heterocycles. The Kier molecular flexibility index (Phi) is 7.89. The molecule has 9 nitrogen and oxygen atoms in total. The topological polar surface area (TPSA) is 105 Å². The molecule has 0 spiro atoms. The lowest BCUT2D eigenvalue weighted by Gasteiger charge is -2.39. The highest BCUT2D eigenvalue weighted by atomic mass is 32.2. The Balaban J connectivity index is 1.97. The van der Waals surface area contributed by atoms with Crippen LogP contribution in [-0.2, 0) is 19.6 Å². The van der Waals surface area contributed by atoms with Crippen molar-refractivity contribution in [3.05, 3.63) is 23.8 Å². The first kappa shape index (κ1) is 25.3. The molecule has 0 saturated heterocycles. The van der Waals surface area contributed by atoms with Crippen LogP contribution in [0.5, 0.6) is 5.75 Å². The standard InChI is InChI=1S/C23H35N3O6S/c1-15-12-26(22(27)17-7-6-8-17)16(2)14-32-20-11-18(24-33(5,29)30)9-10-19(20)23(28)25(3)13-21(15)31-4/h9-11,15-17,21,24H,6-8,12-14H2,1-5H3/t15-,16-,21-/m1/s1. The fourth-order valence-corrected chi connectivity index (χ4v) is 4.80. The van der Waals surface area contributed by atoms with Gasteiger partial charge in [-0.25, -0.2) is 8.42 Å². The second-order valence-corrected chi connectivity index (χ2v) is 11.0. The minimum absolute atomic E-state index is 0.0111. The predicted molar refractivity (Wildman–Crippen MR) is 126 cm³/mol. The number of methoxy groups -OCH3 is 1. The van der Waals surface area contributed by atoms with Gasteiger partial charge in [0.15, 0.2) is 0 Å². The van der Waals surface area contributed by atoms with Gasteiger partial charge in [0.1, 0.15) is 12.4 Å². The number of amides is 2. The molecule has 2 amide bonds. The molecule has 1 aromatic rings. The monoisotopic (exact) mass is 481 g/mol. The number of ether oxygens (including phenoxy) is 2. The Hall–Kier alpha value is -2.33. The van der Waals surface area contributed by atoms with Crippen LogP contribution >= 0.6 is 0 Å². The summed E-state index contributed by atoms with van der Waals surface area (Å²) in [7, 11) is -0.180. The van der Waals surface area contributed by atoms with E-state index in [1.54, 1.807) is 25.1 Å². The summed E-state index contributed by atoms with van der Waals surface area (Å²) in [5.41, 5.74) is 0.626. The number of anilines is 1. The smallest absolute Gasteiger partial charge is 0.257 e. The first-order chi connectivity index (χ1) is 15.5. The number of nitrogens with zero attached hydrogens (tertiary/aromatic N) is 2. The van der Waals surface area contributed by atoms with Crippen LogP contribution in [0.15, 0.2) is 18.2 Å². The SMILES string of the molecule is CO[C@@H]1CN(C)C(=O)c2ccc(NS(C)(=O)=O)cc2OC[C@@H](C)N(C(=O)C2CCC2)C[C@H]1C. The van der Waals surface area contributed by atoms with Gasteiger partial charge in [0.2, 0.25) is 15.9 Å². The van der Waals surface area contributed by atoms with E-state index in [0.29, 0.717) is 24.3 Å². The molecule has 2 aliphatic rings. The summed E-state index contributed by atoms with van der Waals surface area (Å²) in [4.78, 5) is 29.9. The summed E-state index contributed by atoms with van der Waals surface area (Å²) in [6.45, 7) is 4.99. The van der Waals surface area contributed by atoms with Crippen LogP contribution in [0, 0.1) is 11.8 Å². The number of hydrogen-bond acceptors (Lipinski definition) is 6. The van der Waals surface area contributed by atoms with Gasteiger partial charge in [-0.15, -0.1) is 0 Å². The number of carbonyl (C=O) groups is 2. The van der Waals surface area contributed by atoms with E-state index >= 15 is 0 Å². The van der Waals surface area contributed by atoms with Crippen molar-refractivity contribution in [2.24, 2.45) is 11.8 Å². The van der Waals surface area contributed by atoms with E-state index < -0.39 is 10.0 Å². The van der Waals surface area contributed by atoms with Crippen molar-refractivity contribution in [1.29, 1.82) is 0 Å². The number of benzene rings is 1. The van der Waals surface area contributed by atoms with Crippen molar-refractivity contribution >= 4 is 27.5 Å². The molecular weight excluding hydrogens is 446 g/mol. The Bertz CT molecular complexity index is 978. The largest absolute Gasteiger partial charge is 0.491 e. The summed E-state index contributed by atoms with van der Waals surface area (Å²) >= 11 is 0. The quantitative estimate of drug-likeness (QED) is 0.707. The summed E-state index contributed by atoms with van der Waals surface area (Å²) in [6.07, 6.45) is 3.70. The zero-order chi connectivity index (χ0) is 24.3.